The molecule has 0 spiro atoms. The lowest BCUT2D eigenvalue weighted by Crippen LogP contribution is -2.07. The summed E-state index contributed by atoms with van der Waals surface area (Å²) in [5.74, 6) is -0.969. The maximum absolute atomic E-state index is 11.2. The van der Waals surface area contributed by atoms with Gasteiger partial charge in [-0.25, -0.2) is 9.48 Å². The quantitative estimate of drug-likeness (QED) is 0.936. The predicted octanol–water partition coefficient (Wildman–Crippen LogP) is 3.40. The van der Waals surface area contributed by atoms with Gasteiger partial charge in [0, 0.05) is 0 Å². The molecule has 2 aromatic rings. The SMILES string of the molecule is CCc1c(C(=O)O)cnn1-c1c(C)cc(C)cc1Cl. The van der Waals surface area contributed by atoms with Crippen LogP contribution in [0, 0.1) is 13.8 Å². The minimum atomic E-state index is -0.969. The molecule has 1 aromatic carbocycles. The first-order valence-electron chi connectivity index (χ1n) is 6.03. The van der Waals surface area contributed by atoms with Crippen molar-refractivity contribution in [3.8, 4) is 5.69 Å². The van der Waals surface area contributed by atoms with Crippen LogP contribution in [0.1, 0.15) is 34.1 Å². The number of aromatic carboxylic acids is 1. The predicted molar refractivity (Wildman–Crippen MR) is 74.4 cm³/mol. The summed E-state index contributed by atoms with van der Waals surface area (Å²) >= 11 is 6.28. The van der Waals surface area contributed by atoms with Crippen LogP contribution in [-0.4, -0.2) is 20.9 Å². The fraction of sp³-hybridized carbons (Fsp3) is 0.286. The fourth-order valence-corrected chi connectivity index (χ4v) is 2.66. The van der Waals surface area contributed by atoms with Crippen LogP contribution in [0.4, 0.5) is 0 Å². The highest BCUT2D eigenvalue weighted by Gasteiger charge is 2.18. The molecule has 0 saturated carbocycles. The lowest BCUT2D eigenvalue weighted by Gasteiger charge is -2.12. The van der Waals surface area contributed by atoms with Crippen LogP contribution in [0.3, 0.4) is 0 Å². The number of hydrogen-bond donors (Lipinski definition) is 1. The molecule has 0 unspecified atom stereocenters. The lowest BCUT2D eigenvalue weighted by molar-refractivity contribution is 0.0695. The molecule has 0 aliphatic rings. The fourth-order valence-electron chi connectivity index (χ4n) is 2.26. The highest BCUT2D eigenvalue weighted by Crippen LogP contribution is 2.27. The number of benzene rings is 1. The van der Waals surface area contributed by atoms with Gasteiger partial charge < -0.3 is 5.11 Å². The van der Waals surface area contributed by atoms with Gasteiger partial charge in [-0.15, -0.1) is 0 Å². The molecule has 1 N–H and O–H groups in total. The molecule has 1 aromatic heterocycles. The van der Waals surface area contributed by atoms with Crippen LogP contribution in [0.15, 0.2) is 18.3 Å². The Morgan fingerprint density at radius 2 is 2.11 bits per heavy atom. The summed E-state index contributed by atoms with van der Waals surface area (Å²) in [5.41, 5.74) is 3.66. The van der Waals surface area contributed by atoms with E-state index in [2.05, 4.69) is 5.10 Å². The van der Waals surface area contributed by atoms with E-state index in [0.717, 1.165) is 16.8 Å². The number of halogens is 1. The minimum absolute atomic E-state index is 0.221. The molecular formula is C14H15ClN2O2. The number of aromatic nitrogens is 2. The van der Waals surface area contributed by atoms with E-state index in [-0.39, 0.29) is 5.56 Å². The van der Waals surface area contributed by atoms with Gasteiger partial charge in [0.2, 0.25) is 0 Å². The van der Waals surface area contributed by atoms with Gasteiger partial charge in [-0.2, -0.15) is 5.10 Å². The topological polar surface area (TPSA) is 55.1 Å². The molecule has 0 amide bonds. The molecule has 0 fully saturated rings. The van der Waals surface area contributed by atoms with E-state index in [4.69, 9.17) is 16.7 Å². The van der Waals surface area contributed by atoms with E-state index in [1.807, 2.05) is 32.9 Å². The summed E-state index contributed by atoms with van der Waals surface area (Å²) in [7, 11) is 0. The summed E-state index contributed by atoms with van der Waals surface area (Å²) in [6.45, 7) is 5.81. The zero-order valence-corrected chi connectivity index (χ0v) is 11.8. The molecule has 0 saturated heterocycles. The first-order chi connectivity index (χ1) is 8.95. The van der Waals surface area contributed by atoms with Gasteiger partial charge in [0.1, 0.15) is 5.56 Å². The molecule has 0 atom stereocenters. The van der Waals surface area contributed by atoms with Gasteiger partial charge >= 0.3 is 5.97 Å². The van der Waals surface area contributed by atoms with Crippen molar-refractivity contribution in [3.05, 3.63) is 45.7 Å². The van der Waals surface area contributed by atoms with Crippen molar-refractivity contribution in [3.63, 3.8) is 0 Å². The second-order valence-corrected chi connectivity index (χ2v) is 4.89. The Morgan fingerprint density at radius 1 is 1.42 bits per heavy atom. The van der Waals surface area contributed by atoms with E-state index in [1.54, 1.807) is 4.68 Å². The van der Waals surface area contributed by atoms with Crippen molar-refractivity contribution in [2.45, 2.75) is 27.2 Å². The molecule has 1 heterocycles. The standard InChI is InChI=1S/C14H15ClN2O2/c1-4-12-10(14(18)19)7-16-17(12)13-9(3)5-8(2)6-11(13)15/h5-7H,4H2,1-3H3,(H,18,19). The molecule has 2 rings (SSSR count). The summed E-state index contributed by atoms with van der Waals surface area (Å²) in [6, 6.07) is 3.86. The Hall–Kier alpha value is -1.81. The second-order valence-electron chi connectivity index (χ2n) is 4.49. The van der Waals surface area contributed by atoms with E-state index >= 15 is 0 Å². The molecule has 4 nitrogen and oxygen atoms in total. The van der Waals surface area contributed by atoms with E-state index < -0.39 is 5.97 Å². The maximum Gasteiger partial charge on any atom is 0.339 e. The number of carbonyl (C=O) groups is 1. The summed E-state index contributed by atoms with van der Waals surface area (Å²) in [4.78, 5) is 11.2. The average Bonchev–Trinajstić information content (AvgIpc) is 2.71. The van der Waals surface area contributed by atoms with Crippen molar-refractivity contribution in [1.29, 1.82) is 0 Å². The first-order valence-corrected chi connectivity index (χ1v) is 6.40. The average molecular weight is 279 g/mol. The molecule has 0 aliphatic heterocycles. The van der Waals surface area contributed by atoms with Gasteiger partial charge in [-0.05, 0) is 37.5 Å². The molecule has 5 heteroatoms. The molecule has 100 valence electrons. The van der Waals surface area contributed by atoms with Gasteiger partial charge in [0.15, 0.2) is 0 Å². The van der Waals surface area contributed by atoms with Crippen LogP contribution in [0.25, 0.3) is 5.69 Å². The largest absolute Gasteiger partial charge is 0.478 e. The first kappa shape index (κ1) is 13.6. The molecule has 0 aliphatic carbocycles. The van der Waals surface area contributed by atoms with Crippen molar-refractivity contribution in [1.82, 2.24) is 9.78 Å². The third kappa shape index (κ3) is 2.36. The Morgan fingerprint density at radius 3 is 2.63 bits per heavy atom. The third-order valence-corrected chi connectivity index (χ3v) is 3.33. The number of carboxylic acids is 1. The van der Waals surface area contributed by atoms with E-state index in [1.165, 1.54) is 6.20 Å². The zero-order chi connectivity index (χ0) is 14.2. The molecular weight excluding hydrogens is 264 g/mol. The van der Waals surface area contributed by atoms with Crippen LogP contribution in [-0.2, 0) is 6.42 Å². The van der Waals surface area contributed by atoms with Crippen molar-refractivity contribution < 1.29 is 9.90 Å². The van der Waals surface area contributed by atoms with Gasteiger partial charge in [-0.1, -0.05) is 24.6 Å². The Kier molecular flexibility index (Phi) is 3.62. The molecule has 19 heavy (non-hydrogen) atoms. The second kappa shape index (κ2) is 5.05. The van der Waals surface area contributed by atoms with Crippen LogP contribution in [0.2, 0.25) is 5.02 Å². The number of carboxylic acid groups (broad SMARTS) is 1. The van der Waals surface area contributed by atoms with Gasteiger partial charge in [0.25, 0.3) is 0 Å². The maximum atomic E-state index is 11.2. The minimum Gasteiger partial charge on any atom is -0.478 e. The Labute approximate surface area is 116 Å². The third-order valence-electron chi connectivity index (χ3n) is 3.04. The molecule has 0 radical (unpaired) electrons. The van der Waals surface area contributed by atoms with E-state index in [9.17, 15) is 4.79 Å². The number of rotatable bonds is 3. The summed E-state index contributed by atoms with van der Waals surface area (Å²) in [6.07, 6.45) is 1.95. The smallest absolute Gasteiger partial charge is 0.339 e. The monoisotopic (exact) mass is 278 g/mol. The van der Waals surface area contributed by atoms with Crippen LogP contribution >= 0.6 is 11.6 Å². The highest BCUT2D eigenvalue weighted by molar-refractivity contribution is 6.32. The van der Waals surface area contributed by atoms with Crippen LogP contribution < -0.4 is 0 Å². The van der Waals surface area contributed by atoms with Crippen molar-refractivity contribution >= 4 is 17.6 Å². The summed E-state index contributed by atoms with van der Waals surface area (Å²) < 4.78 is 1.63. The summed E-state index contributed by atoms with van der Waals surface area (Å²) in [5, 5.41) is 13.9. The van der Waals surface area contributed by atoms with Gasteiger partial charge in [-0.3, -0.25) is 0 Å². The van der Waals surface area contributed by atoms with Gasteiger partial charge in [0.05, 0.1) is 22.6 Å². The zero-order valence-electron chi connectivity index (χ0n) is 11.1. The molecule has 0 bridgehead atoms. The Bertz CT molecular complexity index is 624. The number of hydrogen-bond acceptors (Lipinski definition) is 2. The number of aryl methyl sites for hydroxylation is 2. The highest BCUT2D eigenvalue weighted by atomic mass is 35.5. The van der Waals surface area contributed by atoms with Crippen molar-refractivity contribution in [2.24, 2.45) is 0 Å². The van der Waals surface area contributed by atoms with Crippen LogP contribution in [0.5, 0.6) is 0 Å². The van der Waals surface area contributed by atoms with E-state index in [0.29, 0.717) is 17.1 Å². The number of nitrogens with zero attached hydrogens (tertiary/aromatic N) is 2. The normalized spacial score (nSPS) is 10.7. The lowest BCUT2D eigenvalue weighted by atomic mass is 10.1. The van der Waals surface area contributed by atoms with Crippen molar-refractivity contribution in [2.75, 3.05) is 0 Å². The Balaban J connectivity index is 2.69.